The highest BCUT2D eigenvalue weighted by Crippen LogP contribution is 2.19. The molecule has 0 saturated heterocycles. The molecule has 0 aliphatic heterocycles. The highest BCUT2D eigenvalue weighted by atomic mass is 32.2. The first kappa shape index (κ1) is 16.8. The number of nitrogens with one attached hydrogen (secondary N) is 1. The molecular formula is C16H15N5O3S. The molecule has 1 aromatic heterocycles. The zero-order valence-corrected chi connectivity index (χ0v) is 14.4. The Bertz CT molecular complexity index is 1010. The van der Waals surface area contributed by atoms with Gasteiger partial charge in [0.15, 0.2) is 9.84 Å². The number of tetrazole rings is 1. The Morgan fingerprint density at radius 2 is 1.84 bits per heavy atom. The van der Waals surface area contributed by atoms with Crippen molar-refractivity contribution in [1.29, 1.82) is 0 Å². The molecule has 8 nitrogen and oxygen atoms in total. The van der Waals surface area contributed by atoms with Crippen molar-refractivity contribution < 1.29 is 13.2 Å². The van der Waals surface area contributed by atoms with Gasteiger partial charge in [0.1, 0.15) is 6.33 Å². The largest absolute Gasteiger partial charge is 0.322 e. The summed E-state index contributed by atoms with van der Waals surface area (Å²) in [7, 11) is -3.29. The molecule has 0 unspecified atom stereocenters. The van der Waals surface area contributed by atoms with Crippen molar-refractivity contribution in [1.82, 2.24) is 20.2 Å². The topological polar surface area (TPSA) is 107 Å². The molecule has 1 N–H and O–H groups in total. The smallest absolute Gasteiger partial charge is 0.255 e. The van der Waals surface area contributed by atoms with Crippen LogP contribution in [0.2, 0.25) is 0 Å². The Kier molecular flexibility index (Phi) is 4.32. The van der Waals surface area contributed by atoms with Crippen LogP contribution in [0.25, 0.3) is 5.69 Å². The van der Waals surface area contributed by atoms with Crippen molar-refractivity contribution in [2.24, 2.45) is 0 Å². The molecule has 0 radical (unpaired) electrons. The number of hydrogen-bond acceptors (Lipinski definition) is 6. The number of carbonyl (C=O) groups is 1. The van der Waals surface area contributed by atoms with Crippen LogP contribution in [0, 0.1) is 6.92 Å². The van der Waals surface area contributed by atoms with E-state index < -0.39 is 9.84 Å². The lowest BCUT2D eigenvalue weighted by molar-refractivity contribution is 0.102. The van der Waals surface area contributed by atoms with Crippen LogP contribution in [-0.4, -0.2) is 40.8 Å². The van der Waals surface area contributed by atoms with Gasteiger partial charge in [-0.05, 0) is 65.4 Å². The Hall–Kier alpha value is -3.07. The predicted octanol–water partition coefficient (Wildman–Crippen LogP) is 1.63. The Morgan fingerprint density at radius 1 is 1.12 bits per heavy atom. The van der Waals surface area contributed by atoms with Crippen LogP contribution in [0.15, 0.2) is 53.7 Å². The molecule has 2 aromatic carbocycles. The molecule has 0 fully saturated rings. The molecule has 0 aliphatic rings. The molecule has 0 bridgehead atoms. The summed E-state index contributed by atoms with van der Waals surface area (Å²) < 4.78 is 24.4. The molecule has 25 heavy (non-hydrogen) atoms. The molecule has 0 spiro atoms. The minimum atomic E-state index is -3.29. The van der Waals surface area contributed by atoms with Crippen molar-refractivity contribution in [3.63, 3.8) is 0 Å². The standard InChI is InChI=1S/C16H15N5O3S/c1-11-9-13(5-8-15(11)21-10-17-19-20-21)18-16(22)12-3-6-14(7-4-12)25(2,23)24/h3-10H,1-2H3,(H,18,22). The number of hydrogen-bond donors (Lipinski definition) is 1. The fourth-order valence-electron chi connectivity index (χ4n) is 2.32. The fraction of sp³-hybridized carbons (Fsp3) is 0.125. The lowest BCUT2D eigenvalue weighted by atomic mass is 10.1. The zero-order valence-electron chi connectivity index (χ0n) is 13.5. The normalized spacial score (nSPS) is 11.3. The third-order valence-electron chi connectivity index (χ3n) is 3.60. The number of sulfone groups is 1. The minimum absolute atomic E-state index is 0.172. The van der Waals surface area contributed by atoms with Gasteiger partial charge >= 0.3 is 0 Å². The Labute approximate surface area is 144 Å². The monoisotopic (exact) mass is 357 g/mol. The fourth-order valence-corrected chi connectivity index (χ4v) is 2.95. The number of amides is 1. The maximum absolute atomic E-state index is 12.3. The summed E-state index contributed by atoms with van der Waals surface area (Å²) in [5, 5.41) is 13.8. The van der Waals surface area contributed by atoms with Gasteiger partial charge in [-0.2, -0.15) is 0 Å². The third kappa shape index (κ3) is 3.72. The molecule has 1 heterocycles. The third-order valence-corrected chi connectivity index (χ3v) is 4.72. The van der Waals surface area contributed by atoms with Gasteiger partial charge < -0.3 is 5.32 Å². The first-order valence-electron chi connectivity index (χ1n) is 7.30. The number of benzene rings is 2. The molecular weight excluding hydrogens is 342 g/mol. The lowest BCUT2D eigenvalue weighted by Gasteiger charge is -2.09. The molecule has 0 aliphatic carbocycles. The van der Waals surface area contributed by atoms with E-state index in [2.05, 4.69) is 20.8 Å². The van der Waals surface area contributed by atoms with Crippen molar-refractivity contribution in [3.8, 4) is 5.69 Å². The molecule has 0 saturated carbocycles. The molecule has 0 atom stereocenters. The highest BCUT2D eigenvalue weighted by molar-refractivity contribution is 7.90. The van der Waals surface area contributed by atoms with Crippen LogP contribution in [0.1, 0.15) is 15.9 Å². The van der Waals surface area contributed by atoms with E-state index in [1.54, 1.807) is 18.2 Å². The maximum Gasteiger partial charge on any atom is 0.255 e. The summed E-state index contributed by atoms with van der Waals surface area (Å²) in [5.41, 5.74) is 2.68. The quantitative estimate of drug-likeness (QED) is 0.760. The number of carbonyl (C=O) groups excluding carboxylic acids is 1. The Morgan fingerprint density at radius 3 is 2.40 bits per heavy atom. The van der Waals surface area contributed by atoms with Gasteiger partial charge in [0.2, 0.25) is 0 Å². The number of aromatic nitrogens is 4. The van der Waals surface area contributed by atoms with Crippen LogP contribution >= 0.6 is 0 Å². The number of aryl methyl sites for hydroxylation is 1. The van der Waals surface area contributed by atoms with Crippen LogP contribution in [0.4, 0.5) is 5.69 Å². The van der Waals surface area contributed by atoms with E-state index in [1.165, 1.54) is 35.3 Å². The molecule has 1 amide bonds. The predicted molar refractivity (Wildman–Crippen MR) is 91.4 cm³/mol. The van der Waals surface area contributed by atoms with Gasteiger partial charge in [-0.3, -0.25) is 4.79 Å². The van der Waals surface area contributed by atoms with E-state index in [1.807, 2.05) is 6.92 Å². The van der Waals surface area contributed by atoms with Gasteiger partial charge in [-0.25, -0.2) is 13.1 Å². The van der Waals surface area contributed by atoms with Gasteiger partial charge in [-0.15, -0.1) is 5.10 Å². The van der Waals surface area contributed by atoms with Crippen molar-refractivity contribution in [2.75, 3.05) is 11.6 Å². The summed E-state index contributed by atoms with van der Waals surface area (Å²) in [6, 6.07) is 11.1. The summed E-state index contributed by atoms with van der Waals surface area (Å²) in [6.07, 6.45) is 2.61. The zero-order chi connectivity index (χ0) is 18.0. The first-order chi connectivity index (χ1) is 11.8. The molecule has 128 valence electrons. The van der Waals surface area contributed by atoms with Crippen molar-refractivity contribution in [3.05, 3.63) is 59.9 Å². The van der Waals surface area contributed by atoms with E-state index in [0.717, 1.165) is 17.5 Å². The summed E-state index contributed by atoms with van der Waals surface area (Å²) in [5.74, 6) is -0.324. The average Bonchev–Trinajstić information content (AvgIpc) is 3.08. The summed E-state index contributed by atoms with van der Waals surface area (Å²) >= 11 is 0. The number of rotatable bonds is 4. The Balaban J connectivity index is 1.78. The van der Waals surface area contributed by atoms with E-state index in [4.69, 9.17) is 0 Å². The van der Waals surface area contributed by atoms with E-state index in [-0.39, 0.29) is 10.8 Å². The average molecular weight is 357 g/mol. The summed E-state index contributed by atoms with van der Waals surface area (Å²) in [4.78, 5) is 12.5. The van der Waals surface area contributed by atoms with Gasteiger partial charge in [0.05, 0.1) is 10.6 Å². The van der Waals surface area contributed by atoms with Crippen molar-refractivity contribution in [2.45, 2.75) is 11.8 Å². The van der Waals surface area contributed by atoms with E-state index in [9.17, 15) is 13.2 Å². The number of nitrogens with zero attached hydrogens (tertiary/aromatic N) is 4. The lowest BCUT2D eigenvalue weighted by Crippen LogP contribution is -2.12. The van der Waals surface area contributed by atoms with Gasteiger partial charge in [0, 0.05) is 17.5 Å². The molecule has 3 rings (SSSR count). The number of anilines is 1. The maximum atomic E-state index is 12.3. The van der Waals surface area contributed by atoms with Crippen molar-refractivity contribution >= 4 is 21.4 Å². The van der Waals surface area contributed by atoms with Crippen LogP contribution < -0.4 is 5.32 Å². The second-order valence-electron chi connectivity index (χ2n) is 5.51. The molecule has 3 aromatic rings. The SMILES string of the molecule is Cc1cc(NC(=O)c2ccc(S(C)(=O)=O)cc2)ccc1-n1cnnn1. The summed E-state index contributed by atoms with van der Waals surface area (Å²) in [6.45, 7) is 1.88. The first-order valence-corrected chi connectivity index (χ1v) is 9.19. The van der Waals surface area contributed by atoms with Crippen LogP contribution in [0.3, 0.4) is 0 Å². The minimum Gasteiger partial charge on any atom is -0.322 e. The molecule has 9 heteroatoms. The highest BCUT2D eigenvalue weighted by Gasteiger charge is 2.11. The van der Waals surface area contributed by atoms with Gasteiger partial charge in [-0.1, -0.05) is 0 Å². The second kappa shape index (κ2) is 6.44. The van der Waals surface area contributed by atoms with Gasteiger partial charge in [0.25, 0.3) is 5.91 Å². The second-order valence-corrected chi connectivity index (χ2v) is 7.52. The van der Waals surface area contributed by atoms with E-state index >= 15 is 0 Å². The van der Waals surface area contributed by atoms with Crippen LogP contribution in [0.5, 0.6) is 0 Å². The van der Waals surface area contributed by atoms with Crippen LogP contribution in [-0.2, 0) is 9.84 Å². The van der Waals surface area contributed by atoms with E-state index in [0.29, 0.717) is 11.3 Å².